The van der Waals surface area contributed by atoms with Crippen LogP contribution in [0, 0.1) is 0 Å². The molecule has 0 radical (unpaired) electrons. The second-order valence-corrected chi connectivity index (χ2v) is 7.45. The van der Waals surface area contributed by atoms with Crippen molar-refractivity contribution in [3.05, 3.63) is 59.1 Å². The molecule has 5 rings (SSSR count). The molecular weight excluding hydrogens is 334 g/mol. The highest BCUT2D eigenvalue weighted by Crippen LogP contribution is 2.55. The summed E-state index contributed by atoms with van der Waals surface area (Å²) in [6.07, 6.45) is 6.67. The maximum absolute atomic E-state index is 6.19. The minimum absolute atomic E-state index is 0.353. The van der Waals surface area contributed by atoms with Crippen LogP contribution >= 0.6 is 11.6 Å². The zero-order valence-corrected chi connectivity index (χ0v) is 14.9. The van der Waals surface area contributed by atoms with Crippen LogP contribution in [-0.2, 0) is 0 Å². The van der Waals surface area contributed by atoms with Gasteiger partial charge < -0.3 is 0 Å². The van der Waals surface area contributed by atoms with E-state index in [-0.39, 0.29) is 0 Å². The van der Waals surface area contributed by atoms with E-state index in [1.807, 2.05) is 18.5 Å². The Morgan fingerprint density at radius 1 is 1.20 bits per heavy atom. The summed E-state index contributed by atoms with van der Waals surface area (Å²) in [5.74, 6) is 0.942. The fourth-order valence-corrected chi connectivity index (χ4v) is 3.98. The molecule has 6 heteroatoms. The summed E-state index contributed by atoms with van der Waals surface area (Å²) in [6.45, 7) is 4.32. The molecule has 1 aliphatic carbocycles. The van der Waals surface area contributed by atoms with E-state index in [0.717, 1.165) is 12.1 Å². The van der Waals surface area contributed by atoms with Gasteiger partial charge in [0.25, 0.3) is 0 Å². The Labute approximate surface area is 150 Å². The van der Waals surface area contributed by atoms with Gasteiger partial charge in [0, 0.05) is 29.4 Å². The molecule has 1 fully saturated rings. The maximum atomic E-state index is 6.19. The second-order valence-electron chi connectivity index (χ2n) is 7.07. The van der Waals surface area contributed by atoms with E-state index >= 15 is 0 Å². The first-order chi connectivity index (χ1) is 12.1. The van der Waals surface area contributed by atoms with Gasteiger partial charge in [-0.25, -0.2) is 9.50 Å². The van der Waals surface area contributed by atoms with Crippen molar-refractivity contribution >= 4 is 28.2 Å². The number of nitrogens with zero attached hydrogens (tertiary/aromatic N) is 5. The summed E-state index contributed by atoms with van der Waals surface area (Å²) >= 11 is 6.19. The zero-order chi connectivity index (χ0) is 17.1. The summed E-state index contributed by atoms with van der Waals surface area (Å²) in [4.78, 5) is 4.46. The number of aromatic nitrogens is 5. The third kappa shape index (κ3) is 2.34. The standard InChI is InChI=1S/C19H18ClN5/c1-11(2)25-17-7-12(3-4-13(17)10-22-25)14-8-15(14)16-9-18(20)23-24-6-5-21-19(16)24/h3-7,9-11,14-15H,8H2,1-2H3/t14-,15+/m1/s1. The van der Waals surface area contributed by atoms with Crippen LogP contribution in [0.3, 0.4) is 0 Å². The monoisotopic (exact) mass is 351 g/mol. The van der Waals surface area contributed by atoms with E-state index in [0.29, 0.717) is 23.0 Å². The number of imidazole rings is 1. The van der Waals surface area contributed by atoms with Crippen molar-refractivity contribution in [3.63, 3.8) is 0 Å². The molecule has 0 bridgehead atoms. The van der Waals surface area contributed by atoms with Crippen molar-refractivity contribution in [3.8, 4) is 0 Å². The molecule has 0 unspecified atom stereocenters. The largest absolute Gasteiger partial charge is 0.262 e. The van der Waals surface area contributed by atoms with E-state index in [4.69, 9.17) is 11.6 Å². The number of benzene rings is 1. The first-order valence-corrected chi connectivity index (χ1v) is 8.96. The first kappa shape index (κ1) is 14.9. The third-order valence-corrected chi connectivity index (χ3v) is 5.27. The van der Waals surface area contributed by atoms with Crippen molar-refractivity contribution in [1.82, 2.24) is 24.4 Å². The van der Waals surface area contributed by atoms with Gasteiger partial charge in [-0.3, -0.25) is 4.68 Å². The molecule has 5 nitrogen and oxygen atoms in total. The summed E-state index contributed by atoms with van der Waals surface area (Å²) in [5.41, 5.74) is 4.66. The van der Waals surface area contributed by atoms with Crippen LogP contribution in [0.5, 0.6) is 0 Å². The molecule has 1 aromatic carbocycles. The number of halogens is 1. The molecule has 2 atom stereocenters. The van der Waals surface area contributed by atoms with Gasteiger partial charge in [-0.2, -0.15) is 10.2 Å². The lowest BCUT2D eigenvalue weighted by Crippen LogP contribution is -2.02. The SMILES string of the molecule is CC(C)n1ncc2ccc([C@H]3C[C@@H]3c3cc(Cl)nn4ccnc34)cc21. The number of hydrogen-bond acceptors (Lipinski definition) is 3. The lowest BCUT2D eigenvalue weighted by Gasteiger charge is -2.09. The Balaban J connectivity index is 1.54. The van der Waals surface area contributed by atoms with Gasteiger partial charge in [-0.15, -0.1) is 0 Å². The predicted molar refractivity (Wildman–Crippen MR) is 98.2 cm³/mol. The lowest BCUT2D eigenvalue weighted by atomic mass is 10.0. The van der Waals surface area contributed by atoms with E-state index in [1.54, 1.807) is 10.7 Å². The molecule has 126 valence electrons. The van der Waals surface area contributed by atoms with E-state index in [9.17, 15) is 0 Å². The van der Waals surface area contributed by atoms with Crippen molar-refractivity contribution < 1.29 is 0 Å². The minimum atomic E-state index is 0.353. The second kappa shape index (κ2) is 5.30. The third-order valence-electron chi connectivity index (χ3n) is 5.09. The van der Waals surface area contributed by atoms with Crippen LogP contribution in [0.4, 0.5) is 0 Å². The molecular formula is C19H18ClN5. The summed E-state index contributed by atoms with van der Waals surface area (Å²) in [7, 11) is 0. The summed E-state index contributed by atoms with van der Waals surface area (Å²) < 4.78 is 3.86. The fraction of sp³-hybridized carbons (Fsp3) is 0.316. The predicted octanol–water partition coefficient (Wildman–Crippen LogP) is 4.58. The van der Waals surface area contributed by atoms with Crippen molar-refractivity contribution in [2.45, 2.75) is 38.1 Å². The molecule has 0 N–H and O–H groups in total. The number of fused-ring (bicyclic) bond motifs is 2. The average molecular weight is 352 g/mol. The average Bonchev–Trinajstić information content (AvgIpc) is 3.04. The van der Waals surface area contributed by atoms with E-state index < -0.39 is 0 Å². The topological polar surface area (TPSA) is 48.0 Å². The van der Waals surface area contributed by atoms with Crippen LogP contribution < -0.4 is 0 Å². The highest BCUT2D eigenvalue weighted by Gasteiger charge is 2.41. The van der Waals surface area contributed by atoms with Crippen molar-refractivity contribution in [2.75, 3.05) is 0 Å². The normalized spacial score (nSPS) is 20.0. The van der Waals surface area contributed by atoms with Gasteiger partial charge in [0.05, 0.1) is 11.7 Å². The van der Waals surface area contributed by atoms with Gasteiger partial charge in [-0.1, -0.05) is 23.7 Å². The highest BCUT2D eigenvalue weighted by atomic mass is 35.5. The van der Waals surface area contributed by atoms with E-state index in [1.165, 1.54) is 22.0 Å². The molecule has 1 aliphatic rings. The smallest absolute Gasteiger partial charge is 0.157 e. The molecule has 4 aromatic rings. The molecule has 0 aliphatic heterocycles. The first-order valence-electron chi connectivity index (χ1n) is 8.59. The molecule has 0 amide bonds. The summed E-state index contributed by atoms with van der Waals surface area (Å²) in [5, 5.41) is 10.5. The van der Waals surface area contributed by atoms with Gasteiger partial charge in [-0.05, 0) is 49.8 Å². The van der Waals surface area contributed by atoms with Gasteiger partial charge in [0.1, 0.15) is 5.15 Å². The molecule has 1 saturated carbocycles. The Hall–Kier alpha value is -2.40. The molecule has 25 heavy (non-hydrogen) atoms. The van der Waals surface area contributed by atoms with Crippen LogP contribution in [-0.4, -0.2) is 24.4 Å². The van der Waals surface area contributed by atoms with Gasteiger partial charge in [0.15, 0.2) is 5.65 Å². The van der Waals surface area contributed by atoms with Crippen LogP contribution in [0.15, 0.2) is 42.9 Å². The molecule has 3 heterocycles. The Kier molecular flexibility index (Phi) is 3.16. The Morgan fingerprint density at radius 3 is 2.92 bits per heavy atom. The fourth-order valence-electron chi connectivity index (χ4n) is 3.79. The zero-order valence-electron chi connectivity index (χ0n) is 14.1. The van der Waals surface area contributed by atoms with Crippen LogP contribution in [0.25, 0.3) is 16.6 Å². The van der Waals surface area contributed by atoms with Crippen LogP contribution in [0.2, 0.25) is 5.15 Å². The van der Waals surface area contributed by atoms with E-state index in [2.05, 4.69) is 51.9 Å². The van der Waals surface area contributed by atoms with Gasteiger partial charge >= 0.3 is 0 Å². The minimum Gasteiger partial charge on any atom is -0.262 e. The maximum Gasteiger partial charge on any atom is 0.157 e. The quantitative estimate of drug-likeness (QED) is 0.542. The Morgan fingerprint density at radius 2 is 2.08 bits per heavy atom. The number of hydrogen-bond donors (Lipinski definition) is 0. The Bertz CT molecular complexity index is 1090. The lowest BCUT2D eigenvalue weighted by molar-refractivity contribution is 0.550. The highest BCUT2D eigenvalue weighted by molar-refractivity contribution is 6.29. The van der Waals surface area contributed by atoms with Crippen molar-refractivity contribution in [2.24, 2.45) is 0 Å². The van der Waals surface area contributed by atoms with Crippen LogP contribution in [0.1, 0.15) is 49.3 Å². The number of rotatable bonds is 3. The molecule has 3 aromatic heterocycles. The van der Waals surface area contributed by atoms with Crippen molar-refractivity contribution in [1.29, 1.82) is 0 Å². The molecule has 0 spiro atoms. The molecule has 0 saturated heterocycles. The van der Waals surface area contributed by atoms with Gasteiger partial charge in [0.2, 0.25) is 0 Å². The summed E-state index contributed by atoms with van der Waals surface area (Å²) in [6, 6.07) is 9.01.